The van der Waals surface area contributed by atoms with Crippen molar-refractivity contribution in [1.29, 1.82) is 0 Å². The first-order chi connectivity index (χ1) is 8.85. The second-order valence-corrected chi connectivity index (χ2v) is 3.94. The third-order valence-corrected chi connectivity index (χ3v) is 2.37. The number of aldehydes is 2. The Labute approximate surface area is 110 Å². The van der Waals surface area contributed by atoms with Gasteiger partial charge >= 0.3 is 0 Å². The molecule has 2 heteroatoms. The molecule has 0 aromatic heterocycles. The van der Waals surface area contributed by atoms with Crippen LogP contribution in [0.25, 0.3) is 0 Å². The Balaban J connectivity index is 0.000000327. The fraction of sp³-hybridized carbons (Fsp3) is 0.375. The molecular formula is C16H22O2. The van der Waals surface area contributed by atoms with Crippen molar-refractivity contribution < 1.29 is 9.59 Å². The van der Waals surface area contributed by atoms with Crippen LogP contribution in [0, 0.1) is 0 Å². The van der Waals surface area contributed by atoms with Crippen molar-refractivity contribution in [2.24, 2.45) is 0 Å². The quantitative estimate of drug-likeness (QED) is 0.410. The van der Waals surface area contributed by atoms with Crippen LogP contribution in [-0.2, 0) is 4.79 Å². The smallest absolute Gasteiger partial charge is 0.150 e. The number of hydrogen-bond donors (Lipinski definition) is 0. The van der Waals surface area contributed by atoms with E-state index in [9.17, 15) is 9.59 Å². The van der Waals surface area contributed by atoms with E-state index in [4.69, 9.17) is 0 Å². The zero-order valence-electron chi connectivity index (χ0n) is 11.0. The number of unbranched alkanes of at least 4 members (excludes halogenated alkanes) is 4. The van der Waals surface area contributed by atoms with E-state index in [1.165, 1.54) is 25.7 Å². The lowest BCUT2D eigenvalue weighted by atomic mass is 10.1. The first-order valence-corrected chi connectivity index (χ1v) is 6.45. The van der Waals surface area contributed by atoms with Crippen LogP contribution in [0.15, 0.2) is 42.5 Å². The molecule has 0 aliphatic rings. The minimum atomic E-state index is 0.729. The van der Waals surface area contributed by atoms with Crippen molar-refractivity contribution in [3.05, 3.63) is 48.0 Å². The Bertz CT molecular complexity index is 328. The zero-order valence-corrected chi connectivity index (χ0v) is 11.0. The van der Waals surface area contributed by atoms with E-state index in [0.717, 1.165) is 24.6 Å². The van der Waals surface area contributed by atoms with Gasteiger partial charge in [0, 0.05) is 5.56 Å². The lowest BCUT2D eigenvalue weighted by molar-refractivity contribution is -0.104. The Hall–Kier alpha value is -1.70. The van der Waals surface area contributed by atoms with Gasteiger partial charge in [0.2, 0.25) is 0 Å². The summed E-state index contributed by atoms with van der Waals surface area (Å²) in [6.45, 7) is 2.20. The lowest BCUT2D eigenvalue weighted by Crippen LogP contribution is -1.73. The van der Waals surface area contributed by atoms with E-state index in [1.54, 1.807) is 18.2 Å². The molecule has 0 radical (unpaired) electrons. The summed E-state index contributed by atoms with van der Waals surface area (Å²) in [5, 5.41) is 0. The topological polar surface area (TPSA) is 34.1 Å². The molecule has 18 heavy (non-hydrogen) atoms. The maximum absolute atomic E-state index is 10.0. The fourth-order valence-electron chi connectivity index (χ4n) is 1.37. The average Bonchev–Trinajstić information content (AvgIpc) is 2.44. The van der Waals surface area contributed by atoms with Crippen LogP contribution in [0.5, 0.6) is 0 Å². The van der Waals surface area contributed by atoms with E-state index in [-0.39, 0.29) is 0 Å². The predicted octanol–water partition coefficient (Wildman–Crippen LogP) is 4.21. The van der Waals surface area contributed by atoms with Crippen molar-refractivity contribution in [1.82, 2.24) is 0 Å². The van der Waals surface area contributed by atoms with Crippen molar-refractivity contribution in [2.75, 3.05) is 0 Å². The van der Waals surface area contributed by atoms with Gasteiger partial charge in [0.1, 0.15) is 12.6 Å². The molecule has 0 aliphatic carbocycles. The molecule has 98 valence electrons. The molecule has 0 heterocycles. The standard InChI is InChI=1S/C9H16O.C7H6O/c1-2-3-4-5-6-7-8-9-10;8-6-7-4-2-1-3-5-7/h7-9H,2-6H2,1H3;1-6H/b8-7+;. The molecule has 0 saturated heterocycles. The maximum atomic E-state index is 10.0. The van der Waals surface area contributed by atoms with Crippen molar-refractivity contribution in [3.8, 4) is 0 Å². The molecule has 0 bridgehead atoms. The van der Waals surface area contributed by atoms with Crippen molar-refractivity contribution in [2.45, 2.75) is 39.0 Å². The van der Waals surface area contributed by atoms with Gasteiger partial charge in [0.15, 0.2) is 0 Å². The van der Waals surface area contributed by atoms with Gasteiger partial charge in [0.25, 0.3) is 0 Å². The highest BCUT2D eigenvalue weighted by Crippen LogP contribution is 2.02. The van der Waals surface area contributed by atoms with Gasteiger partial charge in [-0.25, -0.2) is 0 Å². The summed E-state index contributed by atoms with van der Waals surface area (Å²) >= 11 is 0. The molecule has 1 rings (SSSR count). The number of carbonyl (C=O) groups is 2. The Morgan fingerprint density at radius 1 is 1.00 bits per heavy atom. The Morgan fingerprint density at radius 2 is 1.72 bits per heavy atom. The van der Waals surface area contributed by atoms with Crippen LogP contribution < -0.4 is 0 Å². The number of carbonyl (C=O) groups excluding carboxylic acids is 2. The van der Waals surface area contributed by atoms with Gasteiger partial charge in [-0.3, -0.25) is 9.59 Å². The fourth-order valence-corrected chi connectivity index (χ4v) is 1.37. The SMILES string of the molecule is CCCCCC/C=C/C=O.O=Cc1ccccc1. The van der Waals surface area contributed by atoms with Gasteiger partial charge in [-0.05, 0) is 18.9 Å². The van der Waals surface area contributed by atoms with Crippen LogP contribution in [0.3, 0.4) is 0 Å². The van der Waals surface area contributed by atoms with E-state index >= 15 is 0 Å². The summed E-state index contributed by atoms with van der Waals surface area (Å²) in [5.74, 6) is 0. The average molecular weight is 246 g/mol. The normalized spacial score (nSPS) is 9.61. The molecule has 1 aromatic rings. The van der Waals surface area contributed by atoms with Crippen molar-refractivity contribution >= 4 is 12.6 Å². The highest BCUT2D eigenvalue weighted by molar-refractivity contribution is 5.74. The highest BCUT2D eigenvalue weighted by atomic mass is 16.1. The third kappa shape index (κ3) is 10.8. The Morgan fingerprint density at radius 3 is 2.22 bits per heavy atom. The molecule has 0 amide bonds. The Kier molecular flexibility index (Phi) is 12.1. The van der Waals surface area contributed by atoms with Crippen LogP contribution in [0.1, 0.15) is 49.4 Å². The van der Waals surface area contributed by atoms with E-state index in [1.807, 2.05) is 24.3 Å². The molecule has 1 aromatic carbocycles. The minimum absolute atomic E-state index is 0.729. The summed E-state index contributed by atoms with van der Waals surface area (Å²) in [4.78, 5) is 19.8. The van der Waals surface area contributed by atoms with Gasteiger partial charge in [-0.1, -0.05) is 62.6 Å². The lowest BCUT2D eigenvalue weighted by Gasteiger charge is -1.92. The summed E-state index contributed by atoms with van der Waals surface area (Å²) in [6, 6.07) is 9.10. The van der Waals surface area contributed by atoms with Crippen LogP contribution >= 0.6 is 0 Å². The van der Waals surface area contributed by atoms with E-state index < -0.39 is 0 Å². The third-order valence-electron chi connectivity index (χ3n) is 2.37. The molecule has 0 saturated carbocycles. The molecule has 0 unspecified atom stereocenters. The van der Waals surface area contributed by atoms with Crippen LogP contribution in [0.4, 0.5) is 0 Å². The predicted molar refractivity (Wildman–Crippen MR) is 75.8 cm³/mol. The molecule has 0 N–H and O–H groups in total. The van der Waals surface area contributed by atoms with Crippen molar-refractivity contribution in [3.63, 3.8) is 0 Å². The first-order valence-electron chi connectivity index (χ1n) is 6.45. The zero-order chi connectivity index (χ0) is 13.5. The van der Waals surface area contributed by atoms with Gasteiger partial charge < -0.3 is 0 Å². The molecular weight excluding hydrogens is 224 g/mol. The molecule has 0 fully saturated rings. The van der Waals surface area contributed by atoms with E-state index in [2.05, 4.69) is 6.92 Å². The minimum Gasteiger partial charge on any atom is -0.299 e. The van der Waals surface area contributed by atoms with Gasteiger partial charge in [0.05, 0.1) is 0 Å². The maximum Gasteiger partial charge on any atom is 0.150 e. The summed E-state index contributed by atoms with van der Waals surface area (Å²) < 4.78 is 0. The van der Waals surface area contributed by atoms with E-state index in [0.29, 0.717) is 0 Å². The monoisotopic (exact) mass is 246 g/mol. The number of allylic oxidation sites excluding steroid dienone is 2. The van der Waals surface area contributed by atoms with Gasteiger partial charge in [-0.15, -0.1) is 0 Å². The molecule has 0 aliphatic heterocycles. The molecule has 2 nitrogen and oxygen atoms in total. The highest BCUT2D eigenvalue weighted by Gasteiger charge is 1.83. The second kappa shape index (κ2) is 13.4. The molecule has 0 spiro atoms. The summed E-state index contributed by atoms with van der Waals surface area (Å²) in [6.07, 6.45) is 11.3. The van der Waals surface area contributed by atoms with Gasteiger partial charge in [-0.2, -0.15) is 0 Å². The second-order valence-electron chi connectivity index (χ2n) is 3.94. The van der Waals surface area contributed by atoms with Crippen LogP contribution in [-0.4, -0.2) is 12.6 Å². The van der Waals surface area contributed by atoms with Crippen LogP contribution in [0.2, 0.25) is 0 Å². The summed E-state index contributed by atoms with van der Waals surface area (Å²) in [5.41, 5.74) is 0.729. The number of benzene rings is 1. The largest absolute Gasteiger partial charge is 0.299 e. The first kappa shape index (κ1) is 16.3. The number of rotatable bonds is 7. The summed E-state index contributed by atoms with van der Waals surface area (Å²) in [7, 11) is 0. The number of hydrogen-bond acceptors (Lipinski definition) is 2. The molecule has 0 atom stereocenters.